The Balaban J connectivity index is 1.55. The van der Waals surface area contributed by atoms with Crippen LogP contribution >= 0.6 is 11.6 Å². The second-order valence-corrected chi connectivity index (χ2v) is 6.72. The predicted octanol–water partition coefficient (Wildman–Crippen LogP) is 4.64. The fraction of sp³-hybridized carbons (Fsp3) is 0.316. The van der Waals surface area contributed by atoms with Gasteiger partial charge in [-0.2, -0.15) is 0 Å². The number of carbonyl (C=O) groups is 1. The standard InChI is InChI=1S/C19H18ClNO4/c1-23-15-6-4-12(20)10-14(15)18(22)21-13-5-7-16-17(11-13)25-19(24-16)8-2-3-9-19/h4-7,10-11H,2-3,8-9H2,1H3,(H,21,22). The molecule has 130 valence electrons. The first-order valence-corrected chi connectivity index (χ1v) is 8.63. The number of benzene rings is 2. The van der Waals surface area contributed by atoms with E-state index in [0.717, 1.165) is 31.4 Å². The van der Waals surface area contributed by atoms with Crippen LogP contribution < -0.4 is 19.5 Å². The molecule has 2 aromatic rings. The highest BCUT2D eigenvalue weighted by atomic mass is 35.5. The molecule has 1 heterocycles. The molecule has 0 bridgehead atoms. The van der Waals surface area contributed by atoms with Gasteiger partial charge in [0.05, 0.1) is 12.7 Å². The van der Waals surface area contributed by atoms with Gasteiger partial charge in [0.2, 0.25) is 0 Å². The maximum Gasteiger partial charge on any atom is 0.259 e. The van der Waals surface area contributed by atoms with E-state index in [1.165, 1.54) is 7.11 Å². The number of nitrogens with one attached hydrogen (secondary N) is 1. The Morgan fingerprint density at radius 1 is 1.12 bits per heavy atom. The van der Waals surface area contributed by atoms with Gasteiger partial charge in [-0.3, -0.25) is 4.79 Å². The molecule has 2 aliphatic rings. The van der Waals surface area contributed by atoms with Gasteiger partial charge >= 0.3 is 0 Å². The highest BCUT2D eigenvalue weighted by Gasteiger charge is 2.44. The topological polar surface area (TPSA) is 56.8 Å². The number of hydrogen-bond acceptors (Lipinski definition) is 4. The summed E-state index contributed by atoms with van der Waals surface area (Å²) < 4.78 is 17.2. The quantitative estimate of drug-likeness (QED) is 0.867. The third-order valence-electron chi connectivity index (χ3n) is 4.57. The molecule has 0 unspecified atom stereocenters. The summed E-state index contributed by atoms with van der Waals surface area (Å²) in [5.41, 5.74) is 1.00. The number of rotatable bonds is 3. The average Bonchev–Trinajstić information content (AvgIpc) is 3.20. The zero-order valence-corrected chi connectivity index (χ0v) is 14.6. The smallest absolute Gasteiger partial charge is 0.259 e. The molecule has 0 radical (unpaired) electrons. The van der Waals surface area contributed by atoms with Crippen molar-refractivity contribution in [3.8, 4) is 17.2 Å². The van der Waals surface area contributed by atoms with Crippen molar-refractivity contribution in [1.82, 2.24) is 0 Å². The van der Waals surface area contributed by atoms with Crippen LogP contribution in [0.5, 0.6) is 17.2 Å². The van der Waals surface area contributed by atoms with Gasteiger partial charge in [0, 0.05) is 29.6 Å². The van der Waals surface area contributed by atoms with Crippen molar-refractivity contribution in [2.45, 2.75) is 31.5 Å². The fourth-order valence-corrected chi connectivity index (χ4v) is 3.52. The molecule has 1 N–H and O–H groups in total. The van der Waals surface area contributed by atoms with Gasteiger partial charge in [-0.25, -0.2) is 0 Å². The Labute approximate surface area is 150 Å². The van der Waals surface area contributed by atoms with E-state index in [4.69, 9.17) is 25.8 Å². The Kier molecular flexibility index (Phi) is 3.96. The number of ether oxygens (including phenoxy) is 3. The first-order chi connectivity index (χ1) is 12.1. The number of amides is 1. The summed E-state index contributed by atoms with van der Waals surface area (Å²) in [6.07, 6.45) is 3.99. The zero-order chi connectivity index (χ0) is 17.4. The molecule has 25 heavy (non-hydrogen) atoms. The summed E-state index contributed by atoms with van der Waals surface area (Å²) in [6, 6.07) is 10.3. The molecule has 0 aromatic heterocycles. The van der Waals surface area contributed by atoms with E-state index < -0.39 is 5.79 Å². The van der Waals surface area contributed by atoms with Crippen LogP contribution in [0.3, 0.4) is 0 Å². The number of hydrogen-bond donors (Lipinski definition) is 1. The molecule has 0 saturated heterocycles. The lowest BCUT2D eigenvalue weighted by atomic mass is 10.1. The van der Waals surface area contributed by atoms with E-state index in [9.17, 15) is 4.79 Å². The van der Waals surface area contributed by atoms with Crippen molar-refractivity contribution >= 4 is 23.2 Å². The van der Waals surface area contributed by atoms with Crippen molar-refractivity contribution in [2.75, 3.05) is 12.4 Å². The minimum Gasteiger partial charge on any atom is -0.496 e. The summed E-state index contributed by atoms with van der Waals surface area (Å²) in [4.78, 5) is 12.6. The van der Waals surface area contributed by atoms with Crippen molar-refractivity contribution < 1.29 is 19.0 Å². The van der Waals surface area contributed by atoms with Crippen LogP contribution in [0.2, 0.25) is 5.02 Å². The highest BCUT2D eigenvalue weighted by Crippen LogP contribution is 2.47. The molecule has 1 spiro atoms. The van der Waals surface area contributed by atoms with Crippen LogP contribution in [0.1, 0.15) is 36.0 Å². The van der Waals surface area contributed by atoms with Crippen molar-refractivity contribution in [2.24, 2.45) is 0 Å². The highest BCUT2D eigenvalue weighted by molar-refractivity contribution is 6.31. The lowest BCUT2D eigenvalue weighted by Gasteiger charge is -2.21. The largest absolute Gasteiger partial charge is 0.496 e. The zero-order valence-electron chi connectivity index (χ0n) is 13.8. The lowest BCUT2D eigenvalue weighted by Crippen LogP contribution is -2.34. The summed E-state index contributed by atoms with van der Waals surface area (Å²) in [5.74, 6) is 1.04. The number of fused-ring (bicyclic) bond motifs is 1. The molecule has 1 aliphatic carbocycles. The van der Waals surface area contributed by atoms with Crippen LogP contribution in [0.4, 0.5) is 5.69 Å². The third-order valence-corrected chi connectivity index (χ3v) is 4.80. The van der Waals surface area contributed by atoms with Gasteiger partial charge in [-0.05, 0) is 43.2 Å². The molecular weight excluding hydrogens is 342 g/mol. The van der Waals surface area contributed by atoms with E-state index in [-0.39, 0.29) is 5.91 Å². The van der Waals surface area contributed by atoms with Crippen molar-refractivity contribution in [1.29, 1.82) is 0 Å². The van der Waals surface area contributed by atoms with Gasteiger partial charge in [0.25, 0.3) is 11.7 Å². The van der Waals surface area contributed by atoms with Gasteiger partial charge in [0.1, 0.15) is 5.75 Å². The number of methoxy groups -OCH3 is 1. The minimum absolute atomic E-state index is 0.297. The first kappa shape index (κ1) is 16.1. The molecule has 5 nitrogen and oxygen atoms in total. The molecule has 1 saturated carbocycles. The third kappa shape index (κ3) is 3.00. The Hall–Kier alpha value is -2.40. The molecule has 1 amide bonds. The average molecular weight is 360 g/mol. The second kappa shape index (κ2) is 6.15. The molecule has 2 aromatic carbocycles. The fourth-order valence-electron chi connectivity index (χ4n) is 3.35. The Bertz CT molecular complexity index is 830. The summed E-state index contributed by atoms with van der Waals surface area (Å²) in [5, 5.41) is 3.33. The maximum atomic E-state index is 12.6. The molecule has 1 aliphatic heterocycles. The van der Waals surface area contributed by atoms with Crippen LogP contribution in [0.25, 0.3) is 0 Å². The van der Waals surface area contributed by atoms with Crippen molar-refractivity contribution in [3.63, 3.8) is 0 Å². The Morgan fingerprint density at radius 2 is 1.88 bits per heavy atom. The van der Waals surface area contributed by atoms with Crippen LogP contribution in [-0.2, 0) is 0 Å². The lowest BCUT2D eigenvalue weighted by molar-refractivity contribution is -0.0716. The van der Waals surface area contributed by atoms with E-state index >= 15 is 0 Å². The van der Waals surface area contributed by atoms with Gasteiger partial charge in [0.15, 0.2) is 11.5 Å². The number of carbonyl (C=O) groups excluding carboxylic acids is 1. The summed E-state index contributed by atoms with van der Waals surface area (Å²) >= 11 is 5.99. The Morgan fingerprint density at radius 3 is 2.64 bits per heavy atom. The monoisotopic (exact) mass is 359 g/mol. The van der Waals surface area contributed by atoms with E-state index in [1.807, 2.05) is 6.07 Å². The predicted molar refractivity (Wildman–Crippen MR) is 94.9 cm³/mol. The first-order valence-electron chi connectivity index (χ1n) is 8.26. The van der Waals surface area contributed by atoms with E-state index in [0.29, 0.717) is 27.8 Å². The molecular formula is C19H18ClNO4. The van der Waals surface area contributed by atoms with Crippen LogP contribution in [0, 0.1) is 0 Å². The van der Waals surface area contributed by atoms with Gasteiger partial charge < -0.3 is 19.5 Å². The van der Waals surface area contributed by atoms with Gasteiger partial charge in [-0.15, -0.1) is 0 Å². The van der Waals surface area contributed by atoms with Crippen molar-refractivity contribution in [3.05, 3.63) is 47.0 Å². The van der Waals surface area contributed by atoms with E-state index in [1.54, 1.807) is 30.3 Å². The van der Waals surface area contributed by atoms with Gasteiger partial charge in [-0.1, -0.05) is 11.6 Å². The summed E-state index contributed by atoms with van der Waals surface area (Å²) in [7, 11) is 1.52. The summed E-state index contributed by atoms with van der Waals surface area (Å²) in [6.45, 7) is 0. The molecule has 6 heteroatoms. The normalized spacial score (nSPS) is 16.9. The molecule has 4 rings (SSSR count). The van der Waals surface area contributed by atoms with Crippen LogP contribution in [0.15, 0.2) is 36.4 Å². The van der Waals surface area contributed by atoms with E-state index in [2.05, 4.69) is 5.32 Å². The molecule has 0 atom stereocenters. The number of anilines is 1. The minimum atomic E-state index is -0.513. The SMILES string of the molecule is COc1ccc(Cl)cc1C(=O)Nc1ccc2c(c1)OC1(CCCC1)O2. The second-order valence-electron chi connectivity index (χ2n) is 6.28. The maximum absolute atomic E-state index is 12.6. The molecule has 1 fully saturated rings. The number of halogens is 1. The van der Waals surface area contributed by atoms with Crippen LogP contribution in [-0.4, -0.2) is 18.8 Å².